The second-order valence-electron chi connectivity index (χ2n) is 6.64. The van der Waals surface area contributed by atoms with Crippen molar-refractivity contribution in [3.8, 4) is 16.5 Å². The number of nitrogens with zero attached hydrogens (tertiary/aromatic N) is 3. The minimum Gasteiger partial charge on any atom is -0.497 e. The van der Waals surface area contributed by atoms with Crippen molar-refractivity contribution in [1.29, 1.82) is 0 Å². The summed E-state index contributed by atoms with van der Waals surface area (Å²) < 4.78 is 7.38. The lowest BCUT2D eigenvalue weighted by Crippen LogP contribution is -2.34. The molecule has 0 fully saturated rings. The van der Waals surface area contributed by atoms with Gasteiger partial charge in [-0.05, 0) is 29.1 Å². The van der Waals surface area contributed by atoms with E-state index in [1.165, 1.54) is 16.3 Å². The first-order valence-electron chi connectivity index (χ1n) is 8.78. The molecular formula is C20H23N3O2S. The molecule has 0 amide bonds. The number of aliphatic hydroxyl groups is 1. The third-order valence-corrected chi connectivity index (χ3v) is 5.87. The van der Waals surface area contributed by atoms with Crippen molar-refractivity contribution in [2.24, 2.45) is 7.05 Å². The summed E-state index contributed by atoms with van der Waals surface area (Å²) in [6.45, 7) is 2.35. The second-order valence-corrected chi connectivity index (χ2v) is 7.59. The number of imidazole rings is 1. The van der Waals surface area contributed by atoms with Crippen molar-refractivity contribution < 1.29 is 9.84 Å². The Morgan fingerprint density at radius 2 is 2.08 bits per heavy atom. The summed E-state index contributed by atoms with van der Waals surface area (Å²) in [5.41, 5.74) is 3.36. The minimum absolute atomic E-state index is 0.507. The van der Waals surface area contributed by atoms with Crippen LogP contribution >= 0.6 is 11.3 Å². The Hall–Kier alpha value is -2.15. The van der Waals surface area contributed by atoms with E-state index >= 15 is 0 Å². The molecule has 1 unspecified atom stereocenters. The van der Waals surface area contributed by atoms with Crippen molar-refractivity contribution in [3.63, 3.8) is 0 Å². The predicted octanol–water partition coefficient (Wildman–Crippen LogP) is 3.25. The van der Waals surface area contributed by atoms with E-state index in [1.807, 2.05) is 24.3 Å². The number of rotatable bonds is 5. The molecule has 136 valence electrons. The Bertz CT molecular complexity index is 871. The summed E-state index contributed by atoms with van der Waals surface area (Å²) in [6.07, 6.45) is 0.414. The summed E-state index contributed by atoms with van der Waals surface area (Å²) >= 11 is 1.72. The van der Waals surface area contributed by atoms with Crippen LogP contribution in [0, 0.1) is 0 Å². The van der Waals surface area contributed by atoms with Crippen LogP contribution in [-0.2, 0) is 20.0 Å². The number of β-amino-alcohol motifs (C(OH)–C–C–N with tert-alkyl or cyclic N) is 1. The molecule has 1 aliphatic heterocycles. The highest BCUT2D eigenvalue weighted by molar-refractivity contribution is 7.13. The number of aliphatic hydroxyl groups excluding tert-OH is 1. The number of hydrogen-bond donors (Lipinski definition) is 1. The monoisotopic (exact) mass is 369 g/mol. The molecule has 1 aromatic carbocycles. The van der Waals surface area contributed by atoms with Gasteiger partial charge in [0.15, 0.2) is 0 Å². The number of hydrogen-bond acceptors (Lipinski definition) is 5. The first-order chi connectivity index (χ1) is 12.7. The Morgan fingerprint density at radius 1 is 1.27 bits per heavy atom. The molecule has 6 heteroatoms. The van der Waals surface area contributed by atoms with Crippen molar-refractivity contribution in [1.82, 2.24) is 14.5 Å². The van der Waals surface area contributed by atoms with Gasteiger partial charge in [-0.3, -0.25) is 4.90 Å². The van der Waals surface area contributed by atoms with Gasteiger partial charge in [-0.2, -0.15) is 0 Å². The first kappa shape index (κ1) is 17.3. The quantitative estimate of drug-likeness (QED) is 0.750. The van der Waals surface area contributed by atoms with Gasteiger partial charge in [0, 0.05) is 33.1 Å². The van der Waals surface area contributed by atoms with E-state index in [4.69, 9.17) is 9.72 Å². The van der Waals surface area contributed by atoms with Crippen LogP contribution in [0.4, 0.5) is 0 Å². The van der Waals surface area contributed by atoms with Gasteiger partial charge in [-0.15, -0.1) is 11.3 Å². The van der Waals surface area contributed by atoms with Gasteiger partial charge < -0.3 is 14.4 Å². The molecule has 3 heterocycles. The fraction of sp³-hybridized carbons (Fsp3) is 0.350. The Kier molecular flexibility index (Phi) is 4.80. The fourth-order valence-corrected chi connectivity index (χ4v) is 4.25. The maximum atomic E-state index is 10.6. The smallest absolute Gasteiger partial charge is 0.150 e. The van der Waals surface area contributed by atoms with Gasteiger partial charge in [0.2, 0.25) is 0 Å². The summed E-state index contributed by atoms with van der Waals surface area (Å²) in [5, 5.41) is 12.7. The fourth-order valence-electron chi connectivity index (χ4n) is 3.50. The molecule has 5 nitrogen and oxygen atoms in total. The summed E-state index contributed by atoms with van der Waals surface area (Å²) in [4.78, 5) is 8.36. The lowest BCUT2D eigenvalue weighted by atomic mass is 10.1. The Labute approximate surface area is 157 Å². The molecule has 3 aromatic rings. The summed E-state index contributed by atoms with van der Waals surface area (Å²) in [6, 6.07) is 11.8. The van der Waals surface area contributed by atoms with Crippen molar-refractivity contribution in [3.05, 3.63) is 58.7 Å². The lowest BCUT2D eigenvalue weighted by molar-refractivity contribution is 0.104. The topological polar surface area (TPSA) is 50.5 Å². The van der Waals surface area contributed by atoms with Gasteiger partial charge in [0.25, 0.3) is 0 Å². The van der Waals surface area contributed by atoms with Crippen LogP contribution in [0.25, 0.3) is 10.7 Å². The zero-order valence-corrected chi connectivity index (χ0v) is 15.9. The minimum atomic E-state index is -0.507. The van der Waals surface area contributed by atoms with Crippen LogP contribution in [0.1, 0.15) is 23.1 Å². The van der Waals surface area contributed by atoms with Gasteiger partial charge in [0.05, 0.1) is 29.5 Å². The van der Waals surface area contributed by atoms with E-state index in [2.05, 4.69) is 34.0 Å². The van der Waals surface area contributed by atoms with Crippen LogP contribution in [0.15, 0.2) is 41.8 Å². The summed E-state index contributed by atoms with van der Waals surface area (Å²) in [7, 11) is 3.74. The van der Waals surface area contributed by atoms with Gasteiger partial charge in [-0.25, -0.2) is 4.98 Å². The molecule has 0 radical (unpaired) electrons. The average Bonchev–Trinajstić information content (AvgIpc) is 3.30. The number of ether oxygens (including phenoxy) is 1. The Morgan fingerprint density at radius 3 is 2.77 bits per heavy atom. The lowest BCUT2D eigenvalue weighted by Gasteiger charge is -2.29. The van der Waals surface area contributed by atoms with Crippen molar-refractivity contribution in [2.75, 3.05) is 20.2 Å². The third kappa shape index (κ3) is 3.28. The molecule has 0 spiro atoms. The normalized spacial score (nSPS) is 15.7. The number of aromatic nitrogens is 2. The zero-order chi connectivity index (χ0) is 18.1. The van der Waals surface area contributed by atoms with Crippen LogP contribution in [0.3, 0.4) is 0 Å². The average molecular weight is 369 g/mol. The van der Waals surface area contributed by atoms with E-state index in [-0.39, 0.29) is 0 Å². The molecule has 1 N–H and O–H groups in total. The highest BCUT2D eigenvalue weighted by Crippen LogP contribution is 2.29. The molecule has 1 atom stereocenters. The maximum absolute atomic E-state index is 10.6. The maximum Gasteiger partial charge on any atom is 0.150 e. The van der Waals surface area contributed by atoms with Crippen LogP contribution in [0.5, 0.6) is 5.75 Å². The molecule has 26 heavy (non-hydrogen) atoms. The highest BCUT2D eigenvalue weighted by atomic mass is 32.1. The van der Waals surface area contributed by atoms with Gasteiger partial charge in [0.1, 0.15) is 11.6 Å². The van der Waals surface area contributed by atoms with Gasteiger partial charge in [-0.1, -0.05) is 18.2 Å². The highest BCUT2D eigenvalue weighted by Gasteiger charge is 2.25. The number of fused-ring (bicyclic) bond motifs is 1. The standard InChI is InChI=1S/C20H23N3O2S/c1-22-17-12-23(13-18(24)14-5-7-15(25-2)8-6-14)10-9-16(17)21-20(22)19-4-3-11-26-19/h3-8,11,18,24H,9-10,12-13H2,1-2H3. The van der Waals surface area contributed by atoms with E-state index in [0.29, 0.717) is 6.54 Å². The SMILES string of the molecule is COc1ccc(C(O)CN2CCc3nc(-c4cccs4)n(C)c3C2)cc1. The first-order valence-corrected chi connectivity index (χ1v) is 9.66. The molecule has 0 aliphatic carbocycles. The number of thiophene rings is 1. The van der Waals surface area contributed by atoms with E-state index in [1.54, 1.807) is 18.4 Å². The largest absolute Gasteiger partial charge is 0.497 e. The van der Waals surface area contributed by atoms with Crippen LogP contribution < -0.4 is 4.74 Å². The molecule has 0 saturated heterocycles. The molecule has 4 rings (SSSR count). The second kappa shape index (κ2) is 7.23. The molecular weight excluding hydrogens is 346 g/mol. The number of benzene rings is 1. The summed E-state index contributed by atoms with van der Waals surface area (Å²) in [5.74, 6) is 1.85. The predicted molar refractivity (Wildman–Crippen MR) is 103 cm³/mol. The van der Waals surface area contributed by atoms with Crippen molar-refractivity contribution in [2.45, 2.75) is 19.1 Å². The molecule has 1 aliphatic rings. The molecule has 0 bridgehead atoms. The molecule has 0 saturated carbocycles. The van der Waals surface area contributed by atoms with Crippen LogP contribution in [0.2, 0.25) is 0 Å². The van der Waals surface area contributed by atoms with Crippen molar-refractivity contribution >= 4 is 11.3 Å². The van der Waals surface area contributed by atoms with Gasteiger partial charge >= 0.3 is 0 Å². The Balaban J connectivity index is 1.48. The van der Waals surface area contributed by atoms with E-state index in [0.717, 1.165) is 36.6 Å². The molecule has 2 aromatic heterocycles. The van der Waals surface area contributed by atoms with E-state index < -0.39 is 6.10 Å². The number of methoxy groups -OCH3 is 1. The third-order valence-electron chi connectivity index (χ3n) is 5.01. The zero-order valence-electron chi connectivity index (χ0n) is 15.1. The van der Waals surface area contributed by atoms with E-state index in [9.17, 15) is 5.11 Å². The van der Waals surface area contributed by atoms with Crippen LogP contribution in [-0.4, -0.2) is 39.8 Å².